The van der Waals surface area contributed by atoms with Gasteiger partial charge in [0, 0.05) is 13.1 Å². The van der Waals surface area contributed by atoms with Crippen molar-refractivity contribution in [3.05, 3.63) is 89.5 Å². The van der Waals surface area contributed by atoms with Crippen molar-refractivity contribution >= 4 is 27.5 Å². The van der Waals surface area contributed by atoms with Crippen molar-refractivity contribution in [2.45, 2.75) is 51.6 Å². The van der Waals surface area contributed by atoms with E-state index in [-0.39, 0.29) is 17.3 Å². The van der Waals surface area contributed by atoms with E-state index in [9.17, 15) is 18.0 Å². The maximum Gasteiger partial charge on any atom is 0.264 e. The summed E-state index contributed by atoms with van der Waals surface area (Å²) in [6, 6.07) is 19.8. The molecule has 0 heterocycles. The van der Waals surface area contributed by atoms with Crippen molar-refractivity contribution in [1.82, 2.24) is 10.2 Å². The van der Waals surface area contributed by atoms with Crippen molar-refractivity contribution in [2.24, 2.45) is 0 Å². The van der Waals surface area contributed by atoms with Gasteiger partial charge >= 0.3 is 0 Å². The predicted octanol–water partition coefficient (Wildman–Crippen LogP) is 4.45. The fraction of sp³-hybridized carbons (Fsp3) is 0.333. The molecular weight excluding hydrogens is 514 g/mol. The van der Waals surface area contributed by atoms with E-state index in [2.05, 4.69) is 5.32 Å². The van der Waals surface area contributed by atoms with Crippen molar-refractivity contribution in [3.63, 3.8) is 0 Å². The Morgan fingerprint density at radius 2 is 1.56 bits per heavy atom. The lowest BCUT2D eigenvalue weighted by molar-refractivity contribution is -0.140. The Bertz CT molecular complexity index is 1370. The number of carbonyl (C=O) groups is 2. The molecule has 2 amide bonds. The minimum Gasteiger partial charge on any atom is -0.497 e. The Morgan fingerprint density at radius 1 is 0.923 bits per heavy atom. The molecule has 1 atom stereocenters. The van der Waals surface area contributed by atoms with E-state index < -0.39 is 28.5 Å². The van der Waals surface area contributed by atoms with Gasteiger partial charge in [0.05, 0.1) is 17.7 Å². The Morgan fingerprint density at radius 3 is 2.13 bits per heavy atom. The first-order valence-electron chi connectivity index (χ1n) is 13.0. The minimum atomic E-state index is -4.12. The molecule has 3 aromatic carbocycles. The number of aryl methyl sites for hydroxylation is 2. The lowest BCUT2D eigenvalue weighted by atomic mass is 10.1. The molecule has 8 nitrogen and oxygen atoms in total. The standard InChI is InChI=1S/C30H37N3O5S/c1-6-28(30(35)31-7-2)32(20-24-11-9-8-10-23(24)4)29(34)21-33(25-14-16-26(38-5)17-15-25)39(36,37)27-18-12-22(3)13-19-27/h8-19,28H,6-7,20-21H2,1-5H3,(H,31,35)/t28-/m0/s1. The average molecular weight is 552 g/mol. The highest BCUT2D eigenvalue weighted by molar-refractivity contribution is 7.92. The molecule has 0 radical (unpaired) electrons. The van der Waals surface area contributed by atoms with Gasteiger partial charge in [-0.3, -0.25) is 13.9 Å². The third-order valence-electron chi connectivity index (χ3n) is 6.59. The van der Waals surface area contributed by atoms with Crippen LogP contribution in [0.25, 0.3) is 0 Å². The van der Waals surface area contributed by atoms with Crippen LogP contribution in [0.15, 0.2) is 77.7 Å². The highest BCUT2D eigenvalue weighted by Crippen LogP contribution is 2.27. The van der Waals surface area contributed by atoms with Crippen LogP contribution in [0.2, 0.25) is 0 Å². The molecule has 0 aliphatic carbocycles. The molecule has 0 aliphatic heterocycles. The molecule has 3 aromatic rings. The van der Waals surface area contributed by atoms with E-state index in [1.165, 1.54) is 24.1 Å². The normalized spacial score (nSPS) is 11.9. The predicted molar refractivity (Wildman–Crippen MR) is 153 cm³/mol. The molecule has 1 N–H and O–H groups in total. The van der Waals surface area contributed by atoms with Crippen molar-refractivity contribution in [3.8, 4) is 5.75 Å². The summed E-state index contributed by atoms with van der Waals surface area (Å²) in [6.45, 7) is 7.57. The Hall–Kier alpha value is -3.85. The molecule has 9 heteroatoms. The summed E-state index contributed by atoms with van der Waals surface area (Å²) in [5.41, 5.74) is 3.08. The monoisotopic (exact) mass is 551 g/mol. The van der Waals surface area contributed by atoms with E-state index in [0.717, 1.165) is 21.0 Å². The molecule has 0 aliphatic rings. The van der Waals surface area contributed by atoms with Gasteiger partial charge in [0.15, 0.2) is 0 Å². The molecule has 208 valence electrons. The maximum atomic E-state index is 14.0. The molecule has 0 spiro atoms. The fourth-order valence-electron chi connectivity index (χ4n) is 4.30. The van der Waals surface area contributed by atoms with Gasteiger partial charge in [-0.2, -0.15) is 0 Å². The second kappa shape index (κ2) is 13.3. The van der Waals surface area contributed by atoms with Gasteiger partial charge in [-0.05, 0) is 74.7 Å². The second-order valence-electron chi connectivity index (χ2n) is 9.29. The highest BCUT2D eigenvalue weighted by Gasteiger charge is 2.33. The zero-order valence-corrected chi connectivity index (χ0v) is 24.0. The van der Waals surface area contributed by atoms with E-state index in [4.69, 9.17) is 4.74 Å². The summed E-state index contributed by atoms with van der Waals surface area (Å²) in [5.74, 6) is -0.205. The van der Waals surface area contributed by atoms with Gasteiger partial charge in [0.2, 0.25) is 11.8 Å². The second-order valence-corrected chi connectivity index (χ2v) is 11.2. The van der Waals surface area contributed by atoms with E-state index in [1.54, 1.807) is 36.4 Å². The number of anilines is 1. The molecule has 0 bridgehead atoms. The average Bonchev–Trinajstić information content (AvgIpc) is 2.93. The van der Waals surface area contributed by atoms with Crippen molar-refractivity contribution in [1.29, 1.82) is 0 Å². The number of ether oxygens (including phenoxy) is 1. The lowest BCUT2D eigenvalue weighted by Gasteiger charge is -2.33. The number of rotatable bonds is 12. The number of amides is 2. The minimum absolute atomic E-state index is 0.0675. The van der Waals surface area contributed by atoms with Crippen LogP contribution < -0.4 is 14.4 Å². The van der Waals surface area contributed by atoms with Gasteiger partial charge in [-0.15, -0.1) is 0 Å². The van der Waals surface area contributed by atoms with Crippen LogP contribution in [-0.2, 0) is 26.2 Å². The molecule has 0 saturated heterocycles. The Labute approximate surface area is 231 Å². The maximum absolute atomic E-state index is 14.0. The zero-order valence-electron chi connectivity index (χ0n) is 23.2. The molecule has 0 aromatic heterocycles. The molecule has 39 heavy (non-hydrogen) atoms. The van der Waals surface area contributed by atoms with Gasteiger partial charge in [0.1, 0.15) is 18.3 Å². The van der Waals surface area contributed by atoms with Gasteiger partial charge < -0.3 is 15.0 Å². The number of nitrogens with zero attached hydrogens (tertiary/aromatic N) is 2. The molecule has 0 saturated carbocycles. The van der Waals surface area contributed by atoms with E-state index >= 15 is 0 Å². The largest absolute Gasteiger partial charge is 0.497 e. The van der Waals surface area contributed by atoms with Crippen LogP contribution >= 0.6 is 0 Å². The summed E-state index contributed by atoms with van der Waals surface area (Å²) in [4.78, 5) is 28.6. The number of methoxy groups -OCH3 is 1. The Kier molecular flexibility index (Phi) is 10.1. The fourth-order valence-corrected chi connectivity index (χ4v) is 5.71. The van der Waals surface area contributed by atoms with Crippen LogP contribution in [0.1, 0.15) is 37.0 Å². The quantitative estimate of drug-likeness (QED) is 0.359. The number of hydrogen-bond acceptors (Lipinski definition) is 5. The van der Waals surface area contributed by atoms with Gasteiger partial charge in [-0.25, -0.2) is 8.42 Å². The van der Waals surface area contributed by atoms with Gasteiger partial charge in [-0.1, -0.05) is 48.9 Å². The number of carbonyl (C=O) groups excluding carboxylic acids is 2. The van der Waals surface area contributed by atoms with E-state index in [1.807, 2.05) is 52.0 Å². The number of sulfonamides is 1. The third-order valence-corrected chi connectivity index (χ3v) is 8.38. The molecule has 3 rings (SSSR count). The van der Waals surface area contributed by atoms with Crippen LogP contribution in [0.4, 0.5) is 5.69 Å². The first kappa shape index (κ1) is 29.7. The summed E-state index contributed by atoms with van der Waals surface area (Å²) in [6.07, 6.45) is 0.372. The first-order valence-corrected chi connectivity index (χ1v) is 14.4. The Balaban J connectivity index is 2.07. The summed E-state index contributed by atoms with van der Waals surface area (Å²) >= 11 is 0. The van der Waals surface area contributed by atoms with Crippen LogP contribution in [0.3, 0.4) is 0 Å². The highest BCUT2D eigenvalue weighted by atomic mass is 32.2. The van der Waals surface area contributed by atoms with Crippen LogP contribution in [-0.4, -0.2) is 51.4 Å². The summed E-state index contributed by atoms with van der Waals surface area (Å²) < 4.78 is 34.1. The number of likely N-dealkylation sites (N-methyl/N-ethyl adjacent to an activating group) is 1. The SMILES string of the molecule is CCNC(=O)[C@H](CC)N(Cc1ccccc1C)C(=O)CN(c1ccc(OC)cc1)S(=O)(=O)c1ccc(C)cc1. The smallest absolute Gasteiger partial charge is 0.264 e. The zero-order chi connectivity index (χ0) is 28.6. The topological polar surface area (TPSA) is 96.0 Å². The summed E-state index contributed by atoms with van der Waals surface area (Å²) in [5, 5.41) is 2.81. The van der Waals surface area contributed by atoms with Crippen LogP contribution in [0, 0.1) is 13.8 Å². The van der Waals surface area contributed by atoms with E-state index in [0.29, 0.717) is 24.4 Å². The van der Waals surface area contributed by atoms with Crippen molar-refractivity contribution in [2.75, 3.05) is 24.5 Å². The van der Waals surface area contributed by atoms with Gasteiger partial charge in [0.25, 0.3) is 10.0 Å². The lowest BCUT2D eigenvalue weighted by Crippen LogP contribution is -2.52. The number of hydrogen-bond donors (Lipinski definition) is 1. The molecule has 0 fully saturated rings. The summed E-state index contributed by atoms with van der Waals surface area (Å²) in [7, 11) is -2.60. The molecular formula is C30H37N3O5S. The van der Waals surface area contributed by atoms with Crippen molar-refractivity contribution < 1.29 is 22.7 Å². The third kappa shape index (κ3) is 7.17. The number of nitrogens with one attached hydrogen (secondary N) is 1. The number of benzene rings is 3. The van der Waals surface area contributed by atoms with Crippen LogP contribution in [0.5, 0.6) is 5.75 Å². The first-order chi connectivity index (χ1) is 18.6. The molecule has 0 unspecified atom stereocenters.